The third-order valence-electron chi connectivity index (χ3n) is 4.70. The predicted octanol–water partition coefficient (Wildman–Crippen LogP) is 3.47. The highest BCUT2D eigenvalue weighted by Crippen LogP contribution is 2.38. The van der Waals surface area contributed by atoms with E-state index < -0.39 is 0 Å². The molecule has 2 aromatic carbocycles. The average molecular weight is 431 g/mol. The van der Waals surface area contributed by atoms with Gasteiger partial charge in [0.15, 0.2) is 17.1 Å². The van der Waals surface area contributed by atoms with Crippen LogP contribution in [-0.4, -0.2) is 47.0 Å². The topological polar surface area (TPSA) is 99.9 Å². The van der Waals surface area contributed by atoms with E-state index in [-0.39, 0.29) is 5.91 Å². The number of hydrogen-bond donors (Lipinski definition) is 1. The van der Waals surface area contributed by atoms with Crippen LogP contribution < -0.4 is 19.5 Å². The maximum absolute atomic E-state index is 12.5. The highest BCUT2D eigenvalue weighted by Gasteiger charge is 2.12. The number of nitrogens with zero attached hydrogens (tertiary/aromatic N) is 4. The summed E-state index contributed by atoms with van der Waals surface area (Å²) in [7, 11) is 4.62. The second kappa shape index (κ2) is 9.17. The minimum atomic E-state index is -0.280. The lowest BCUT2D eigenvalue weighted by Gasteiger charge is -2.12. The maximum Gasteiger partial charge on any atom is 0.248 e. The molecule has 2 aromatic heterocycles. The molecular weight excluding hydrogens is 410 g/mol. The monoisotopic (exact) mass is 431 g/mol. The molecule has 0 bridgehead atoms. The van der Waals surface area contributed by atoms with E-state index in [0.29, 0.717) is 28.6 Å². The van der Waals surface area contributed by atoms with Crippen molar-refractivity contribution in [3.63, 3.8) is 0 Å². The van der Waals surface area contributed by atoms with Crippen molar-refractivity contribution in [2.24, 2.45) is 0 Å². The van der Waals surface area contributed by atoms with Gasteiger partial charge in [0.1, 0.15) is 6.33 Å². The number of amides is 1. The molecular formula is C23H21N5O4. The van der Waals surface area contributed by atoms with E-state index in [1.807, 2.05) is 36.4 Å². The molecule has 0 spiro atoms. The molecule has 0 radical (unpaired) electrons. The van der Waals surface area contributed by atoms with Crippen molar-refractivity contribution in [3.05, 3.63) is 66.5 Å². The van der Waals surface area contributed by atoms with Crippen LogP contribution in [0.2, 0.25) is 0 Å². The molecule has 32 heavy (non-hydrogen) atoms. The molecule has 0 saturated carbocycles. The number of hydrogen-bond acceptors (Lipinski definition) is 7. The minimum Gasteiger partial charge on any atom is -0.493 e. The van der Waals surface area contributed by atoms with E-state index in [0.717, 1.165) is 16.8 Å². The van der Waals surface area contributed by atoms with Crippen molar-refractivity contribution in [3.8, 4) is 28.5 Å². The first-order valence-electron chi connectivity index (χ1n) is 9.68. The Labute approximate surface area is 184 Å². The summed E-state index contributed by atoms with van der Waals surface area (Å²) in [5.74, 6) is 1.24. The Kier molecular flexibility index (Phi) is 5.98. The Morgan fingerprint density at radius 2 is 1.78 bits per heavy atom. The van der Waals surface area contributed by atoms with Gasteiger partial charge in [-0.05, 0) is 48.0 Å². The van der Waals surface area contributed by atoms with Crippen LogP contribution in [0.3, 0.4) is 0 Å². The number of carbonyl (C=O) groups is 1. The highest BCUT2D eigenvalue weighted by atomic mass is 16.5. The highest BCUT2D eigenvalue weighted by molar-refractivity contribution is 6.02. The van der Waals surface area contributed by atoms with Gasteiger partial charge in [-0.1, -0.05) is 12.1 Å². The summed E-state index contributed by atoms with van der Waals surface area (Å²) in [5, 5.41) is 15.1. The lowest BCUT2D eigenvalue weighted by atomic mass is 10.1. The van der Waals surface area contributed by atoms with Gasteiger partial charge in [-0.25, -0.2) is 0 Å². The van der Waals surface area contributed by atoms with Crippen LogP contribution in [0.15, 0.2) is 60.9 Å². The summed E-state index contributed by atoms with van der Waals surface area (Å²) < 4.78 is 17.6. The standard InChI is InChI=1S/C23H21N5O4/c1-30-19-11-15(12-20(31-2)23(19)32-3)7-10-22(29)25-17-6-4-5-16(13-17)18-8-9-21-26-24-14-28(21)27-18/h4-14H,1-3H3,(H,25,29). The van der Waals surface area contributed by atoms with Crippen LogP contribution in [0.25, 0.3) is 23.0 Å². The Bertz CT molecular complexity index is 1270. The normalized spacial score (nSPS) is 11.0. The molecule has 0 aliphatic rings. The van der Waals surface area contributed by atoms with Gasteiger partial charge in [-0.15, -0.1) is 10.2 Å². The molecule has 2 heterocycles. The minimum absolute atomic E-state index is 0.280. The van der Waals surface area contributed by atoms with E-state index in [4.69, 9.17) is 14.2 Å². The lowest BCUT2D eigenvalue weighted by molar-refractivity contribution is -0.111. The van der Waals surface area contributed by atoms with Gasteiger partial charge < -0.3 is 19.5 Å². The maximum atomic E-state index is 12.5. The number of methoxy groups -OCH3 is 3. The number of carbonyl (C=O) groups excluding carboxylic acids is 1. The molecule has 0 fully saturated rings. The second-order valence-electron chi connectivity index (χ2n) is 6.71. The van der Waals surface area contributed by atoms with Crippen molar-refractivity contribution in [2.45, 2.75) is 0 Å². The Balaban J connectivity index is 1.51. The number of nitrogens with one attached hydrogen (secondary N) is 1. The summed E-state index contributed by atoms with van der Waals surface area (Å²) in [6.07, 6.45) is 4.65. The quantitative estimate of drug-likeness (QED) is 0.447. The molecule has 0 aliphatic carbocycles. The summed E-state index contributed by atoms with van der Waals surface area (Å²) >= 11 is 0. The van der Waals surface area contributed by atoms with Crippen molar-refractivity contribution in [1.29, 1.82) is 0 Å². The number of fused-ring (bicyclic) bond motifs is 1. The fraction of sp³-hybridized carbons (Fsp3) is 0.130. The van der Waals surface area contributed by atoms with Crippen LogP contribution >= 0.6 is 0 Å². The predicted molar refractivity (Wildman–Crippen MR) is 120 cm³/mol. The molecule has 1 amide bonds. The molecule has 0 unspecified atom stereocenters. The van der Waals surface area contributed by atoms with E-state index in [9.17, 15) is 4.79 Å². The largest absolute Gasteiger partial charge is 0.493 e. The fourth-order valence-corrected chi connectivity index (χ4v) is 3.19. The molecule has 1 N–H and O–H groups in total. The van der Waals surface area contributed by atoms with Crippen LogP contribution in [0.1, 0.15) is 5.56 Å². The Hall–Kier alpha value is -4.40. The SMILES string of the molecule is COc1cc(C=CC(=O)Nc2cccc(-c3ccc4nncn4n3)c2)cc(OC)c1OC. The van der Waals surface area contributed by atoms with Crippen LogP contribution in [0.4, 0.5) is 5.69 Å². The Morgan fingerprint density at radius 3 is 2.50 bits per heavy atom. The zero-order valence-corrected chi connectivity index (χ0v) is 17.8. The molecule has 0 saturated heterocycles. The third kappa shape index (κ3) is 4.36. The molecule has 4 rings (SSSR count). The number of rotatable bonds is 7. The first-order chi connectivity index (χ1) is 15.6. The number of aromatic nitrogens is 4. The first kappa shape index (κ1) is 20.9. The summed E-state index contributed by atoms with van der Waals surface area (Å²) in [6, 6.07) is 14.6. The van der Waals surface area contributed by atoms with E-state index in [2.05, 4.69) is 20.6 Å². The van der Waals surface area contributed by atoms with Crippen molar-refractivity contribution < 1.29 is 19.0 Å². The zero-order valence-electron chi connectivity index (χ0n) is 17.8. The molecule has 0 atom stereocenters. The van der Waals surface area contributed by atoms with Crippen LogP contribution in [-0.2, 0) is 4.79 Å². The number of benzene rings is 2. The lowest BCUT2D eigenvalue weighted by Crippen LogP contribution is -2.07. The van der Waals surface area contributed by atoms with Crippen molar-refractivity contribution >= 4 is 23.3 Å². The molecule has 4 aromatic rings. The van der Waals surface area contributed by atoms with Gasteiger partial charge in [0, 0.05) is 17.3 Å². The van der Waals surface area contributed by atoms with Gasteiger partial charge in [0.25, 0.3) is 0 Å². The van der Waals surface area contributed by atoms with Gasteiger partial charge in [-0.2, -0.15) is 9.61 Å². The van der Waals surface area contributed by atoms with E-state index in [1.54, 1.807) is 43.3 Å². The molecule has 9 nitrogen and oxygen atoms in total. The van der Waals surface area contributed by atoms with Gasteiger partial charge in [-0.3, -0.25) is 4.79 Å². The number of ether oxygens (including phenoxy) is 3. The van der Waals surface area contributed by atoms with Crippen LogP contribution in [0.5, 0.6) is 17.2 Å². The van der Waals surface area contributed by atoms with Gasteiger partial charge >= 0.3 is 0 Å². The summed E-state index contributed by atoms with van der Waals surface area (Å²) in [6.45, 7) is 0. The average Bonchev–Trinajstić information content (AvgIpc) is 3.30. The molecule has 9 heteroatoms. The summed E-state index contributed by atoms with van der Waals surface area (Å²) in [4.78, 5) is 12.5. The zero-order chi connectivity index (χ0) is 22.5. The van der Waals surface area contributed by atoms with E-state index in [1.165, 1.54) is 13.2 Å². The number of anilines is 1. The first-order valence-corrected chi connectivity index (χ1v) is 9.68. The van der Waals surface area contributed by atoms with Crippen molar-refractivity contribution in [2.75, 3.05) is 26.6 Å². The third-order valence-corrected chi connectivity index (χ3v) is 4.70. The fourth-order valence-electron chi connectivity index (χ4n) is 3.19. The second-order valence-corrected chi connectivity index (χ2v) is 6.71. The summed E-state index contributed by atoms with van der Waals surface area (Å²) in [5.41, 5.74) is 3.63. The molecule has 162 valence electrons. The van der Waals surface area contributed by atoms with Gasteiger partial charge in [0.05, 0.1) is 27.0 Å². The molecule has 0 aliphatic heterocycles. The van der Waals surface area contributed by atoms with Gasteiger partial charge in [0.2, 0.25) is 11.7 Å². The van der Waals surface area contributed by atoms with E-state index >= 15 is 0 Å². The van der Waals surface area contributed by atoms with Crippen LogP contribution in [0, 0.1) is 0 Å². The Morgan fingerprint density at radius 1 is 1.00 bits per heavy atom. The van der Waals surface area contributed by atoms with Crippen molar-refractivity contribution in [1.82, 2.24) is 19.8 Å². The smallest absolute Gasteiger partial charge is 0.248 e.